The Morgan fingerprint density at radius 1 is 1.38 bits per heavy atom. The number of nitrogens with one attached hydrogen (secondary N) is 1. The van der Waals surface area contributed by atoms with E-state index in [1.807, 2.05) is 51.1 Å². The van der Waals surface area contributed by atoms with Crippen LogP contribution in [0, 0.1) is 0 Å². The second kappa shape index (κ2) is 5.12. The van der Waals surface area contributed by atoms with Crippen LogP contribution in [0.4, 0.5) is 0 Å². The van der Waals surface area contributed by atoms with Crippen molar-refractivity contribution in [2.75, 3.05) is 6.54 Å². The number of hydrogen-bond acceptors (Lipinski definition) is 2. The van der Waals surface area contributed by atoms with E-state index in [4.69, 9.17) is 5.73 Å². The van der Waals surface area contributed by atoms with Gasteiger partial charge < -0.3 is 11.1 Å². The normalized spacial score (nSPS) is 13.2. The molecular weight excluding hydrogens is 200 g/mol. The Morgan fingerprint density at radius 2 is 1.94 bits per heavy atom. The maximum Gasteiger partial charge on any atom is 0.230 e. The van der Waals surface area contributed by atoms with Crippen LogP contribution in [0.15, 0.2) is 30.3 Å². The van der Waals surface area contributed by atoms with Crippen molar-refractivity contribution in [2.45, 2.75) is 32.2 Å². The zero-order valence-electron chi connectivity index (χ0n) is 10.2. The first-order valence-corrected chi connectivity index (χ1v) is 5.54. The Labute approximate surface area is 97.0 Å². The van der Waals surface area contributed by atoms with Crippen LogP contribution in [0.5, 0.6) is 0 Å². The molecule has 3 heteroatoms. The summed E-state index contributed by atoms with van der Waals surface area (Å²) in [5, 5.41) is 2.86. The van der Waals surface area contributed by atoms with Gasteiger partial charge in [-0.15, -0.1) is 0 Å². The summed E-state index contributed by atoms with van der Waals surface area (Å²) >= 11 is 0. The predicted molar refractivity (Wildman–Crippen MR) is 66.1 cm³/mol. The van der Waals surface area contributed by atoms with Crippen LogP contribution >= 0.6 is 0 Å². The van der Waals surface area contributed by atoms with E-state index in [1.54, 1.807) is 0 Å². The van der Waals surface area contributed by atoms with Gasteiger partial charge in [-0.05, 0) is 26.3 Å². The number of carbonyl (C=O) groups is 1. The maximum absolute atomic E-state index is 12.0. The fourth-order valence-corrected chi connectivity index (χ4v) is 1.46. The van der Waals surface area contributed by atoms with Gasteiger partial charge in [-0.3, -0.25) is 4.79 Å². The molecule has 0 saturated carbocycles. The molecule has 1 aromatic rings. The maximum atomic E-state index is 12.0. The molecule has 0 aromatic heterocycles. The Morgan fingerprint density at radius 3 is 2.44 bits per heavy atom. The van der Waals surface area contributed by atoms with Crippen LogP contribution in [-0.2, 0) is 10.2 Å². The quantitative estimate of drug-likeness (QED) is 0.806. The van der Waals surface area contributed by atoms with Crippen molar-refractivity contribution in [2.24, 2.45) is 5.73 Å². The van der Waals surface area contributed by atoms with Crippen molar-refractivity contribution < 1.29 is 4.79 Å². The van der Waals surface area contributed by atoms with Gasteiger partial charge in [0.25, 0.3) is 0 Å². The molecule has 1 aromatic carbocycles. The van der Waals surface area contributed by atoms with Gasteiger partial charge >= 0.3 is 0 Å². The Hall–Kier alpha value is -1.35. The van der Waals surface area contributed by atoms with E-state index >= 15 is 0 Å². The van der Waals surface area contributed by atoms with Crippen LogP contribution < -0.4 is 11.1 Å². The molecule has 0 spiro atoms. The second-order valence-corrected chi connectivity index (χ2v) is 4.68. The molecule has 0 saturated heterocycles. The van der Waals surface area contributed by atoms with Crippen LogP contribution in [-0.4, -0.2) is 18.5 Å². The van der Waals surface area contributed by atoms with Gasteiger partial charge in [-0.25, -0.2) is 0 Å². The average molecular weight is 220 g/mol. The van der Waals surface area contributed by atoms with Crippen molar-refractivity contribution in [3.05, 3.63) is 35.9 Å². The van der Waals surface area contributed by atoms with Crippen LogP contribution in [0.3, 0.4) is 0 Å². The monoisotopic (exact) mass is 220 g/mol. The molecule has 0 aliphatic rings. The average Bonchev–Trinajstić information content (AvgIpc) is 2.27. The number of amides is 1. The standard InChI is InChI=1S/C13H20N2O/c1-10(14)9-15-12(16)13(2,3)11-7-5-4-6-8-11/h4-8,10H,9,14H2,1-3H3,(H,15,16). The third-order valence-electron chi connectivity index (χ3n) is 2.65. The van der Waals surface area contributed by atoms with E-state index in [0.29, 0.717) is 6.54 Å². The lowest BCUT2D eigenvalue weighted by Gasteiger charge is -2.24. The molecule has 16 heavy (non-hydrogen) atoms. The number of nitrogens with two attached hydrogens (primary N) is 1. The molecule has 0 aliphatic heterocycles. The molecule has 88 valence electrons. The van der Waals surface area contributed by atoms with Gasteiger partial charge in [0.2, 0.25) is 5.91 Å². The molecule has 1 amide bonds. The third kappa shape index (κ3) is 3.07. The largest absolute Gasteiger partial charge is 0.354 e. The van der Waals surface area contributed by atoms with Crippen molar-refractivity contribution in [1.82, 2.24) is 5.32 Å². The first kappa shape index (κ1) is 12.7. The minimum absolute atomic E-state index is 0.0102. The summed E-state index contributed by atoms with van der Waals surface area (Å²) in [7, 11) is 0. The molecule has 0 aliphatic carbocycles. The lowest BCUT2D eigenvalue weighted by Crippen LogP contribution is -2.44. The molecule has 1 atom stereocenters. The molecule has 1 unspecified atom stereocenters. The molecule has 0 fully saturated rings. The molecule has 0 bridgehead atoms. The predicted octanol–water partition coefficient (Wildman–Crippen LogP) is 1.43. The summed E-state index contributed by atoms with van der Waals surface area (Å²) < 4.78 is 0. The zero-order valence-corrected chi connectivity index (χ0v) is 10.2. The van der Waals surface area contributed by atoms with Gasteiger partial charge in [0.05, 0.1) is 5.41 Å². The lowest BCUT2D eigenvalue weighted by atomic mass is 9.84. The first-order valence-electron chi connectivity index (χ1n) is 5.54. The second-order valence-electron chi connectivity index (χ2n) is 4.68. The molecule has 0 heterocycles. The van der Waals surface area contributed by atoms with Gasteiger partial charge in [-0.1, -0.05) is 30.3 Å². The smallest absolute Gasteiger partial charge is 0.230 e. The van der Waals surface area contributed by atoms with Crippen LogP contribution in [0.2, 0.25) is 0 Å². The van der Waals surface area contributed by atoms with E-state index in [9.17, 15) is 4.79 Å². The Kier molecular flexibility index (Phi) is 4.07. The van der Waals surface area contributed by atoms with Crippen molar-refractivity contribution in [3.8, 4) is 0 Å². The van der Waals surface area contributed by atoms with Gasteiger partial charge in [-0.2, -0.15) is 0 Å². The van der Waals surface area contributed by atoms with Crippen LogP contribution in [0.1, 0.15) is 26.3 Å². The van der Waals surface area contributed by atoms with E-state index in [0.717, 1.165) is 5.56 Å². The van der Waals surface area contributed by atoms with E-state index in [2.05, 4.69) is 5.32 Å². The van der Waals surface area contributed by atoms with Gasteiger partial charge in [0.15, 0.2) is 0 Å². The highest BCUT2D eigenvalue weighted by atomic mass is 16.2. The third-order valence-corrected chi connectivity index (χ3v) is 2.65. The van der Waals surface area contributed by atoms with E-state index in [-0.39, 0.29) is 11.9 Å². The van der Waals surface area contributed by atoms with Crippen molar-refractivity contribution in [1.29, 1.82) is 0 Å². The molecule has 0 radical (unpaired) electrons. The fourth-order valence-electron chi connectivity index (χ4n) is 1.46. The number of hydrogen-bond donors (Lipinski definition) is 2. The summed E-state index contributed by atoms with van der Waals surface area (Å²) in [5.41, 5.74) is 6.10. The highest BCUT2D eigenvalue weighted by Gasteiger charge is 2.29. The molecule has 3 nitrogen and oxygen atoms in total. The number of benzene rings is 1. The summed E-state index contributed by atoms with van der Waals surface area (Å²) in [6.07, 6.45) is 0. The van der Waals surface area contributed by atoms with Gasteiger partial charge in [0, 0.05) is 12.6 Å². The highest BCUT2D eigenvalue weighted by molar-refractivity contribution is 5.87. The summed E-state index contributed by atoms with van der Waals surface area (Å²) in [6.45, 7) is 6.21. The van der Waals surface area contributed by atoms with E-state index < -0.39 is 5.41 Å². The highest BCUT2D eigenvalue weighted by Crippen LogP contribution is 2.22. The summed E-state index contributed by atoms with van der Waals surface area (Å²) in [6, 6.07) is 9.73. The van der Waals surface area contributed by atoms with Crippen molar-refractivity contribution in [3.63, 3.8) is 0 Å². The lowest BCUT2D eigenvalue weighted by molar-refractivity contribution is -0.125. The Balaban J connectivity index is 2.74. The zero-order chi connectivity index (χ0) is 12.2. The first-order chi connectivity index (χ1) is 7.44. The fraction of sp³-hybridized carbons (Fsp3) is 0.462. The molecular formula is C13H20N2O. The topological polar surface area (TPSA) is 55.1 Å². The van der Waals surface area contributed by atoms with E-state index in [1.165, 1.54) is 0 Å². The van der Waals surface area contributed by atoms with Crippen LogP contribution in [0.25, 0.3) is 0 Å². The SMILES string of the molecule is CC(N)CNC(=O)C(C)(C)c1ccccc1. The minimum atomic E-state index is -0.518. The number of rotatable bonds is 4. The number of carbonyl (C=O) groups excluding carboxylic acids is 1. The molecule has 1 rings (SSSR count). The summed E-state index contributed by atoms with van der Waals surface area (Å²) in [4.78, 5) is 12.0. The minimum Gasteiger partial charge on any atom is -0.354 e. The van der Waals surface area contributed by atoms with Crippen molar-refractivity contribution >= 4 is 5.91 Å². The summed E-state index contributed by atoms with van der Waals surface area (Å²) in [5.74, 6) is 0.0102. The van der Waals surface area contributed by atoms with Gasteiger partial charge in [0.1, 0.15) is 0 Å². The Bertz CT molecular complexity index is 344. The molecule has 3 N–H and O–H groups in total.